The number of nitrogens with zero attached hydrogens (tertiary/aromatic N) is 2. The van der Waals surface area contributed by atoms with Gasteiger partial charge >= 0.3 is 0 Å². The van der Waals surface area contributed by atoms with Crippen molar-refractivity contribution < 1.29 is 9.84 Å². The molecule has 3 rings (SSSR count). The van der Waals surface area contributed by atoms with Crippen molar-refractivity contribution in [1.29, 1.82) is 0 Å². The fourth-order valence-corrected chi connectivity index (χ4v) is 2.08. The lowest BCUT2D eigenvalue weighted by molar-refractivity contribution is 0.281. The molecule has 0 fully saturated rings. The molecule has 2 aromatic heterocycles. The molecule has 0 spiro atoms. The molecule has 0 saturated carbocycles. The maximum Gasteiger partial charge on any atom is 0.222 e. The van der Waals surface area contributed by atoms with E-state index >= 15 is 0 Å². The lowest BCUT2D eigenvalue weighted by Gasteiger charge is -2.10. The second-order valence-corrected chi connectivity index (χ2v) is 4.55. The van der Waals surface area contributed by atoms with Crippen LogP contribution in [-0.4, -0.2) is 15.1 Å². The van der Waals surface area contributed by atoms with Gasteiger partial charge in [0, 0.05) is 23.3 Å². The van der Waals surface area contributed by atoms with Gasteiger partial charge in [0.15, 0.2) is 0 Å². The summed E-state index contributed by atoms with van der Waals surface area (Å²) in [5.41, 5.74) is 2.54. The van der Waals surface area contributed by atoms with Crippen LogP contribution in [0.5, 0.6) is 11.6 Å². The van der Waals surface area contributed by atoms with Crippen molar-refractivity contribution in [3.05, 3.63) is 59.9 Å². The molecule has 0 radical (unpaired) electrons. The Labute approximate surface area is 116 Å². The zero-order chi connectivity index (χ0) is 13.9. The van der Waals surface area contributed by atoms with Crippen molar-refractivity contribution >= 4 is 10.9 Å². The fourth-order valence-electron chi connectivity index (χ4n) is 2.08. The van der Waals surface area contributed by atoms with Gasteiger partial charge in [-0.2, -0.15) is 0 Å². The molecule has 1 N–H and O–H groups in total. The number of hydrogen-bond acceptors (Lipinski definition) is 4. The van der Waals surface area contributed by atoms with Gasteiger partial charge < -0.3 is 9.84 Å². The highest BCUT2D eigenvalue weighted by Gasteiger charge is 2.07. The highest BCUT2D eigenvalue weighted by atomic mass is 16.5. The van der Waals surface area contributed by atoms with Gasteiger partial charge in [0.2, 0.25) is 5.88 Å². The van der Waals surface area contributed by atoms with E-state index < -0.39 is 0 Å². The fraction of sp³-hybridized carbons (Fsp3) is 0.125. The number of fused-ring (bicyclic) bond motifs is 1. The summed E-state index contributed by atoms with van der Waals surface area (Å²) in [6.45, 7) is 1.89. The average Bonchev–Trinajstić information content (AvgIpc) is 2.49. The van der Waals surface area contributed by atoms with Gasteiger partial charge in [0.1, 0.15) is 5.75 Å². The molecular formula is C16H14N2O2. The summed E-state index contributed by atoms with van der Waals surface area (Å²) in [6, 6.07) is 11.5. The van der Waals surface area contributed by atoms with Crippen LogP contribution in [0.2, 0.25) is 0 Å². The molecule has 0 bridgehead atoms. The monoisotopic (exact) mass is 266 g/mol. The molecule has 4 heteroatoms. The van der Waals surface area contributed by atoms with Gasteiger partial charge in [0.05, 0.1) is 12.1 Å². The Morgan fingerprint density at radius 1 is 1.15 bits per heavy atom. The molecule has 0 amide bonds. The first-order valence-corrected chi connectivity index (χ1v) is 6.36. The van der Waals surface area contributed by atoms with Crippen molar-refractivity contribution in [3.63, 3.8) is 0 Å². The van der Waals surface area contributed by atoms with E-state index in [9.17, 15) is 0 Å². The Morgan fingerprint density at radius 2 is 2.05 bits per heavy atom. The lowest BCUT2D eigenvalue weighted by atomic mass is 10.2. The van der Waals surface area contributed by atoms with Crippen LogP contribution in [-0.2, 0) is 6.61 Å². The van der Waals surface area contributed by atoms with Crippen molar-refractivity contribution in [2.45, 2.75) is 13.5 Å². The molecule has 0 aliphatic heterocycles. The predicted octanol–water partition coefficient (Wildman–Crippen LogP) is 3.22. The molecule has 0 unspecified atom stereocenters. The van der Waals surface area contributed by atoms with Crippen LogP contribution in [0.1, 0.15) is 11.1 Å². The van der Waals surface area contributed by atoms with Crippen LogP contribution in [0, 0.1) is 6.92 Å². The summed E-state index contributed by atoms with van der Waals surface area (Å²) >= 11 is 0. The van der Waals surface area contributed by atoms with Crippen molar-refractivity contribution in [2.24, 2.45) is 0 Å². The smallest absolute Gasteiger partial charge is 0.222 e. The summed E-state index contributed by atoms with van der Waals surface area (Å²) in [4.78, 5) is 8.55. The third-order valence-corrected chi connectivity index (χ3v) is 3.08. The second-order valence-electron chi connectivity index (χ2n) is 4.55. The number of aryl methyl sites for hydroxylation is 1. The topological polar surface area (TPSA) is 55.2 Å². The van der Waals surface area contributed by atoms with E-state index in [1.807, 2.05) is 43.3 Å². The van der Waals surface area contributed by atoms with Gasteiger partial charge in [-0.05, 0) is 42.8 Å². The molecule has 2 heterocycles. The van der Waals surface area contributed by atoms with Gasteiger partial charge in [-0.25, -0.2) is 4.98 Å². The standard InChI is InChI=1S/C16H14N2O2/c1-11-8-12(10-19)9-18-16(11)20-15-6-2-5-14-13(15)4-3-7-17-14/h2-9,19H,10H2,1H3. The molecule has 0 saturated heterocycles. The van der Waals surface area contributed by atoms with Crippen molar-refractivity contribution in [2.75, 3.05) is 0 Å². The van der Waals surface area contributed by atoms with Gasteiger partial charge in [-0.3, -0.25) is 4.98 Å². The summed E-state index contributed by atoms with van der Waals surface area (Å²) < 4.78 is 5.89. The van der Waals surface area contributed by atoms with Crippen LogP contribution >= 0.6 is 0 Å². The van der Waals surface area contributed by atoms with E-state index in [-0.39, 0.29) is 6.61 Å². The summed E-state index contributed by atoms with van der Waals surface area (Å²) in [6.07, 6.45) is 3.37. The Morgan fingerprint density at radius 3 is 2.85 bits per heavy atom. The average molecular weight is 266 g/mol. The molecular weight excluding hydrogens is 252 g/mol. The SMILES string of the molecule is Cc1cc(CO)cnc1Oc1cccc2ncccc12. The largest absolute Gasteiger partial charge is 0.438 e. The maximum absolute atomic E-state index is 9.09. The normalized spacial score (nSPS) is 10.7. The van der Waals surface area contributed by atoms with E-state index in [4.69, 9.17) is 9.84 Å². The molecule has 3 aromatic rings. The molecule has 4 nitrogen and oxygen atoms in total. The number of rotatable bonds is 3. The quantitative estimate of drug-likeness (QED) is 0.790. The summed E-state index contributed by atoms with van der Waals surface area (Å²) in [7, 11) is 0. The maximum atomic E-state index is 9.09. The zero-order valence-corrected chi connectivity index (χ0v) is 11.1. The first kappa shape index (κ1) is 12.6. The first-order valence-electron chi connectivity index (χ1n) is 6.36. The highest BCUT2D eigenvalue weighted by molar-refractivity contribution is 5.85. The Kier molecular flexibility index (Phi) is 3.31. The predicted molar refractivity (Wildman–Crippen MR) is 76.7 cm³/mol. The number of aliphatic hydroxyl groups is 1. The van der Waals surface area contributed by atoms with Crippen LogP contribution in [0.4, 0.5) is 0 Å². The Hall–Kier alpha value is -2.46. The molecule has 0 aliphatic rings. The van der Waals surface area contributed by atoms with E-state index in [1.54, 1.807) is 12.4 Å². The number of aliphatic hydroxyl groups excluding tert-OH is 1. The molecule has 20 heavy (non-hydrogen) atoms. The first-order chi connectivity index (χ1) is 9.78. The number of ether oxygens (including phenoxy) is 1. The van der Waals surface area contributed by atoms with E-state index in [2.05, 4.69) is 9.97 Å². The minimum atomic E-state index is -0.0215. The summed E-state index contributed by atoms with van der Waals surface area (Å²) in [5.74, 6) is 1.27. The van der Waals surface area contributed by atoms with E-state index in [0.717, 1.165) is 27.8 Å². The second kappa shape index (κ2) is 5.27. The third kappa shape index (κ3) is 2.33. The van der Waals surface area contributed by atoms with Gasteiger partial charge in [-0.1, -0.05) is 6.07 Å². The molecule has 0 aliphatic carbocycles. The number of benzene rings is 1. The van der Waals surface area contributed by atoms with Crippen LogP contribution in [0.15, 0.2) is 48.8 Å². The number of aromatic nitrogens is 2. The van der Waals surface area contributed by atoms with Gasteiger partial charge in [-0.15, -0.1) is 0 Å². The highest BCUT2D eigenvalue weighted by Crippen LogP contribution is 2.29. The zero-order valence-electron chi connectivity index (χ0n) is 11.1. The van der Waals surface area contributed by atoms with Crippen molar-refractivity contribution in [3.8, 4) is 11.6 Å². The molecule has 0 atom stereocenters. The van der Waals surface area contributed by atoms with Crippen LogP contribution in [0.25, 0.3) is 10.9 Å². The Balaban J connectivity index is 2.01. The number of pyridine rings is 2. The van der Waals surface area contributed by atoms with Crippen LogP contribution < -0.4 is 4.74 Å². The van der Waals surface area contributed by atoms with Crippen molar-refractivity contribution in [1.82, 2.24) is 9.97 Å². The lowest BCUT2D eigenvalue weighted by Crippen LogP contribution is -1.95. The minimum absolute atomic E-state index is 0.0215. The summed E-state index contributed by atoms with van der Waals surface area (Å²) in [5, 5.41) is 10.0. The molecule has 100 valence electrons. The van der Waals surface area contributed by atoms with E-state index in [1.165, 1.54) is 0 Å². The Bertz CT molecular complexity index is 751. The van der Waals surface area contributed by atoms with E-state index in [0.29, 0.717) is 5.88 Å². The van der Waals surface area contributed by atoms with Gasteiger partial charge in [0.25, 0.3) is 0 Å². The van der Waals surface area contributed by atoms with Crippen LogP contribution in [0.3, 0.4) is 0 Å². The minimum Gasteiger partial charge on any atom is -0.438 e. The number of hydrogen-bond donors (Lipinski definition) is 1. The molecule has 1 aromatic carbocycles. The third-order valence-electron chi connectivity index (χ3n) is 3.08.